The molecule has 4 nitrogen and oxygen atoms in total. The summed E-state index contributed by atoms with van der Waals surface area (Å²) in [6.07, 6.45) is 1.46. The number of nitrogens with zero attached hydrogens (tertiary/aromatic N) is 1. The summed E-state index contributed by atoms with van der Waals surface area (Å²) in [5.74, 6) is -0.0888. The number of likely N-dealkylation sites (tertiary alicyclic amines) is 1. The third-order valence-corrected chi connectivity index (χ3v) is 5.14. The van der Waals surface area contributed by atoms with Crippen LogP contribution in [-0.2, 0) is 4.79 Å². The molecule has 0 aliphatic carbocycles. The van der Waals surface area contributed by atoms with E-state index >= 15 is 0 Å². The lowest BCUT2D eigenvalue weighted by atomic mass is 9.96. The van der Waals surface area contributed by atoms with E-state index in [9.17, 15) is 9.90 Å². The van der Waals surface area contributed by atoms with Gasteiger partial charge in [-0.15, -0.1) is 0 Å². The fourth-order valence-electron chi connectivity index (χ4n) is 3.45. The summed E-state index contributed by atoms with van der Waals surface area (Å²) in [6.45, 7) is 0.692. The Morgan fingerprint density at radius 1 is 1.28 bits per heavy atom. The lowest BCUT2D eigenvalue weighted by Gasteiger charge is -2.32. The summed E-state index contributed by atoms with van der Waals surface area (Å²) in [5.41, 5.74) is 1.78. The zero-order valence-corrected chi connectivity index (χ0v) is 15.3. The predicted octanol–water partition coefficient (Wildman–Crippen LogP) is 4.64. The van der Waals surface area contributed by atoms with Gasteiger partial charge in [-0.2, -0.15) is 0 Å². The van der Waals surface area contributed by atoms with Crippen molar-refractivity contribution in [2.75, 3.05) is 13.7 Å². The van der Waals surface area contributed by atoms with Crippen LogP contribution in [0, 0.1) is 0 Å². The molecular weight excluding hydrogens is 361 g/mol. The van der Waals surface area contributed by atoms with Gasteiger partial charge in [-0.3, -0.25) is 9.69 Å². The molecule has 6 heteroatoms. The maximum atomic E-state index is 11.7. The first-order valence-corrected chi connectivity index (χ1v) is 8.84. The zero-order chi connectivity index (χ0) is 18.0. The zero-order valence-electron chi connectivity index (χ0n) is 13.8. The molecule has 1 fully saturated rings. The minimum atomic E-state index is -0.810. The molecule has 1 aliphatic heterocycles. The second kappa shape index (κ2) is 7.65. The average molecular weight is 380 g/mol. The molecule has 132 valence electrons. The maximum absolute atomic E-state index is 11.7. The SMILES string of the molecule is COc1cccc(C(c2ccc(Cl)cc2Cl)N2CCCC2C(=O)O)c1. The molecule has 2 unspecified atom stereocenters. The molecule has 2 aromatic rings. The van der Waals surface area contributed by atoms with Gasteiger partial charge in [0.2, 0.25) is 0 Å². The Hall–Kier alpha value is -1.75. The summed E-state index contributed by atoms with van der Waals surface area (Å²) in [7, 11) is 1.61. The van der Waals surface area contributed by atoms with Crippen LogP contribution in [0.1, 0.15) is 30.0 Å². The van der Waals surface area contributed by atoms with E-state index < -0.39 is 12.0 Å². The molecule has 1 aliphatic rings. The summed E-state index contributed by atoms with van der Waals surface area (Å²) >= 11 is 12.5. The van der Waals surface area contributed by atoms with Crippen molar-refractivity contribution >= 4 is 29.2 Å². The molecule has 0 aromatic heterocycles. The van der Waals surface area contributed by atoms with Crippen molar-refractivity contribution in [1.29, 1.82) is 0 Å². The average Bonchev–Trinajstić information content (AvgIpc) is 3.07. The number of aliphatic carboxylic acids is 1. The van der Waals surface area contributed by atoms with E-state index in [1.807, 2.05) is 35.2 Å². The van der Waals surface area contributed by atoms with Gasteiger partial charge >= 0.3 is 5.97 Å². The van der Waals surface area contributed by atoms with Crippen molar-refractivity contribution in [3.8, 4) is 5.75 Å². The normalized spacial score (nSPS) is 18.9. The Labute approximate surface area is 156 Å². The molecule has 0 radical (unpaired) electrons. The van der Waals surface area contributed by atoms with Crippen LogP contribution in [-0.4, -0.2) is 35.7 Å². The Morgan fingerprint density at radius 2 is 2.08 bits per heavy atom. The first-order chi connectivity index (χ1) is 12.0. The Morgan fingerprint density at radius 3 is 2.76 bits per heavy atom. The van der Waals surface area contributed by atoms with Gasteiger partial charge in [0.1, 0.15) is 11.8 Å². The van der Waals surface area contributed by atoms with Gasteiger partial charge in [0.25, 0.3) is 0 Å². The summed E-state index contributed by atoms with van der Waals surface area (Å²) in [5, 5.41) is 10.7. The molecule has 0 amide bonds. The second-order valence-corrected chi connectivity index (χ2v) is 6.92. The minimum absolute atomic E-state index is 0.275. The van der Waals surface area contributed by atoms with Crippen LogP contribution in [0.2, 0.25) is 10.0 Å². The fourth-order valence-corrected chi connectivity index (χ4v) is 3.96. The van der Waals surface area contributed by atoms with Crippen molar-refractivity contribution in [3.63, 3.8) is 0 Å². The van der Waals surface area contributed by atoms with Crippen LogP contribution in [0.5, 0.6) is 5.75 Å². The largest absolute Gasteiger partial charge is 0.497 e. The number of carboxylic acids is 1. The first-order valence-electron chi connectivity index (χ1n) is 8.08. The number of methoxy groups -OCH3 is 1. The van der Waals surface area contributed by atoms with Crippen molar-refractivity contribution < 1.29 is 14.6 Å². The van der Waals surface area contributed by atoms with Crippen LogP contribution in [0.25, 0.3) is 0 Å². The lowest BCUT2D eigenvalue weighted by Crippen LogP contribution is -2.39. The van der Waals surface area contributed by atoms with Gasteiger partial charge in [-0.05, 0) is 48.2 Å². The number of ether oxygens (including phenoxy) is 1. The standard InChI is InChI=1S/C19H19Cl2NO3/c1-25-14-5-2-4-12(10-14)18(15-8-7-13(20)11-16(15)21)22-9-3-6-17(22)19(23)24/h2,4-5,7-8,10-11,17-18H,3,6,9H2,1H3,(H,23,24). The molecule has 25 heavy (non-hydrogen) atoms. The summed E-state index contributed by atoms with van der Waals surface area (Å²) in [6, 6.07) is 12.2. The van der Waals surface area contributed by atoms with Crippen molar-refractivity contribution in [1.82, 2.24) is 4.90 Å². The van der Waals surface area contributed by atoms with Gasteiger partial charge in [0.05, 0.1) is 13.2 Å². The topological polar surface area (TPSA) is 49.8 Å². The van der Waals surface area contributed by atoms with Crippen LogP contribution < -0.4 is 4.74 Å². The number of carboxylic acid groups (broad SMARTS) is 1. The van der Waals surface area contributed by atoms with Crippen LogP contribution in [0.15, 0.2) is 42.5 Å². The second-order valence-electron chi connectivity index (χ2n) is 6.08. The highest BCUT2D eigenvalue weighted by Gasteiger charge is 2.37. The summed E-state index contributed by atoms with van der Waals surface area (Å²) in [4.78, 5) is 13.7. The number of halogens is 2. The Balaban J connectivity index is 2.12. The number of hydrogen-bond acceptors (Lipinski definition) is 3. The maximum Gasteiger partial charge on any atom is 0.320 e. The van der Waals surface area contributed by atoms with E-state index in [0.717, 1.165) is 23.3 Å². The van der Waals surface area contributed by atoms with Gasteiger partial charge in [0, 0.05) is 16.6 Å². The van der Waals surface area contributed by atoms with Crippen molar-refractivity contribution in [3.05, 3.63) is 63.6 Å². The molecule has 1 N–H and O–H groups in total. The highest BCUT2D eigenvalue weighted by Crippen LogP contribution is 2.39. The smallest absolute Gasteiger partial charge is 0.320 e. The predicted molar refractivity (Wildman–Crippen MR) is 98.7 cm³/mol. The number of hydrogen-bond donors (Lipinski definition) is 1. The first kappa shape index (κ1) is 18.1. The van der Waals surface area contributed by atoms with E-state index in [1.54, 1.807) is 19.2 Å². The third-order valence-electron chi connectivity index (χ3n) is 4.58. The van der Waals surface area contributed by atoms with Crippen molar-refractivity contribution in [2.45, 2.75) is 24.9 Å². The van der Waals surface area contributed by atoms with Gasteiger partial charge in [-0.1, -0.05) is 41.4 Å². The van der Waals surface area contributed by atoms with Gasteiger partial charge in [-0.25, -0.2) is 0 Å². The van der Waals surface area contributed by atoms with Crippen molar-refractivity contribution in [2.24, 2.45) is 0 Å². The van der Waals surface area contributed by atoms with E-state index in [0.29, 0.717) is 23.0 Å². The highest BCUT2D eigenvalue weighted by atomic mass is 35.5. The Bertz CT molecular complexity index is 781. The molecule has 3 rings (SSSR count). The molecule has 1 saturated heterocycles. The molecular formula is C19H19Cl2NO3. The third kappa shape index (κ3) is 3.76. The molecule has 2 aromatic carbocycles. The number of benzene rings is 2. The summed E-state index contributed by atoms with van der Waals surface area (Å²) < 4.78 is 5.34. The molecule has 0 bridgehead atoms. The highest BCUT2D eigenvalue weighted by molar-refractivity contribution is 6.35. The number of carbonyl (C=O) groups is 1. The molecule has 0 saturated carbocycles. The van der Waals surface area contributed by atoms with Gasteiger partial charge in [0.15, 0.2) is 0 Å². The van der Waals surface area contributed by atoms with E-state index in [4.69, 9.17) is 27.9 Å². The van der Waals surface area contributed by atoms with Crippen LogP contribution >= 0.6 is 23.2 Å². The van der Waals surface area contributed by atoms with E-state index in [2.05, 4.69) is 0 Å². The monoisotopic (exact) mass is 379 g/mol. The van der Waals surface area contributed by atoms with Gasteiger partial charge < -0.3 is 9.84 Å². The van der Waals surface area contributed by atoms with Crippen LogP contribution in [0.4, 0.5) is 0 Å². The molecule has 2 atom stereocenters. The Kier molecular flexibility index (Phi) is 5.52. The molecule has 1 heterocycles. The van der Waals surface area contributed by atoms with Crippen LogP contribution in [0.3, 0.4) is 0 Å². The van der Waals surface area contributed by atoms with E-state index in [1.165, 1.54) is 0 Å². The fraction of sp³-hybridized carbons (Fsp3) is 0.316. The van der Waals surface area contributed by atoms with E-state index in [-0.39, 0.29) is 6.04 Å². The minimum Gasteiger partial charge on any atom is -0.497 e. The lowest BCUT2D eigenvalue weighted by molar-refractivity contribution is -0.142. The quantitative estimate of drug-likeness (QED) is 0.821. The number of rotatable bonds is 5. The molecule has 0 spiro atoms.